The van der Waals surface area contributed by atoms with Crippen molar-refractivity contribution in [1.29, 1.82) is 0 Å². The molecule has 4 aromatic heterocycles. The largest absolute Gasteiger partial charge is 0.393 e. The first-order chi connectivity index (χ1) is 13.1. The van der Waals surface area contributed by atoms with Crippen LogP contribution in [0.3, 0.4) is 0 Å². The Balaban J connectivity index is 1.62. The van der Waals surface area contributed by atoms with Gasteiger partial charge in [0.25, 0.3) is 0 Å². The van der Waals surface area contributed by atoms with Crippen molar-refractivity contribution in [2.24, 2.45) is 7.05 Å². The number of nitrogens with one attached hydrogen (secondary N) is 1. The average Bonchev–Trinajstić information content (AvgIpc) is 3.28. The number of pyridine rings is 1. The monoisotopic (exact) mass is 364 g/mol. The predicted octanol–water partition coefficient (Wildman–Crippen LogP) is 1.98. The van der Waals surface area contributed by atoms with E-state index in [4.69, 9.17) is 0 Å². The third kappa shape index (κ3) is 3.49. The molecule has 9 heteroatoms. The van der Waals surface area contributed by atoms with Crippen LogP contribution in [0.25, 0.3) is 16.9 Å². The van der Waals surface area contributed by atoms with Crippen LogP contribution in [0.4, 0.5) is 11.8 Å². The van der Waals surface area contributed by atoms with Crippen LogP contribution in [0.2, 0.25) is 0 Å². The molecule has 138 valence electrons. The smallest absolute Gasteiger partial charge is 0.228 e. The zero-order valence-electron chi connectivity index (χ0n) is 15.1. The molecule has 0 bridgehead atoms. The summed E-state index contributed by atoms with van der Waals surface area (Å²) in [6.07, 6.45) is 6.05. The molecular formula is C18H20N8O. The number of aliphatic hydroxyl groups is 1. The molecule has 0 aliphatic carbocycles. The molecule has 0 radical (unpaired) electrons. The second-order valence-corrected chi connectivity index (χ2v) is 6.26. The first kappa shape index (κ1) is 17.1. The lowest BCUT2D eigenvalue weighted by molar-refractivity contribution is 0.168. The van der Waals surface area contributed by atoms with Gasteiger partial charge in [0.1, 0.15) is 11.6 Å². The molecule has 0 amide bonds. The molecule has 0 aromatic carbocycles. The third-order valence-electron chi connectivity index (χ3n) is 4.38. The lowest BCUT2D eigenvalue weighted by atomic mass is 10.2. The molecule has 4 heterocycles. The van der Waals surface area contributed by atoms with Crippen LogP contribution >= 0.6 is 0 Å². The maximum absolute atomic E-state index is 9.87. The van der Waals surface area contributed by atoms with Gasteiger partial charge in [-0.15, -0.1) is 10.2 Å². The lowest BCUT2D eigenvalue weighted by Gasteiger charge is -2.08. The fourth-order valence-electron chi connectivity index (χ4n) is 2.78. The molecule has 0 fully saturated rings. The maximum atomic E-state index is 9.87. The number of anilines is 2. The number of hydrogen-bond donors (Lipinski definition) is 2. The molecule has 0 aliphatic heterocycles. The number of aryl methyl sites for hydroxylation is 1. The van der Waals surface area contributed by atoms with Crippen LogP contribution < -0.4 is 5.32 Å². The van der Waals surface area contributed by atoms with Crippen molar-refractivity contribution in [3.63, 3.8) is 0 Å². The second kappa shape index (κ2) is 7.12. The normalized spacial score (nSPS) is 12.4. The summed E-state index contributed by atoms with van der Waals surface area (Å²) in [4.78, 5) is 8.84. The topological polar surface area (TPSA) is 106 Å². The van der Waals surface area contributed by atoms with Gasteiger partial charge in [0.15, 0.2) is 5.65 Å². The molecule has 0 unspecified atom stereocenters. The van der Waals surface area contributed by atoms with Crippen LogP contribution in [-0.4, -0.2) is 45.6 Å². The van der Waals surface area contributed by atoms with E-state index in [1.807, 2.05) is 48.8 Å². The predicted molar refractivity (Wildman–Crippen MR) is 101 cm³/mol. The molecule has 4 rings (SSSR count). The van der Waals surface area contributed by atoms with Gasteiger partial charge in [0.2, 0.25) is 5.95 Å². The lowest BCUT2D eigenvalue weighted by Crippen LogP contribution is -2.11. The molecule has 4 aromatic rings. The number of fused-ring (bicyclic) bond motifs is 1. The Kier molecular flexibility index (Phi) is 4.51. The highest BCUT2D eigenvalue weighted by Gasteiger charge is 2.12. The Morgan fingerprint density at radius 2 is 2.07 bits per heavy atom. The highest BCUT2D eigenvalue weighted by atomic mass is 16.3. The van der Waals surface area contributed by atoms with Crippen molar-refractivity contribution in [1.82, 2.24) is 34.3 Å². The number of nitrogens with zero attached hydrogens (tertiary/aromatic N) is 7. The van der Waals surface area contributed by atoms with E-state index in [0.717, 1.165) is 22.9 Å². The molecule has 0 saturated heterocycles. The molecule has 0 spiro atoms. The fraction of sp³-hybridized carbons (Fsp3) is 0.278. The van der Waals surface area contributed by atoms with Gasteiger partial charge in [-0.25, -0.2) is 9.97 Å². The first-order valence-electron chi connectivity index (χ1n) is 8.74. The highest BCUT2D eigenvalue weighted by Crippen LogP contribution is 2.21. The molecule has 1 atom stereocenters. The standard InChI is InChI=1S/C18H20N8O/c1-3-13(27)11-17-24-23-16-10-12(6-9-26(16)17)14-4-7-19-18(21-14)22-15-5-8-20-25(15)2/h4-10,13,27H,3,11H2,1-2H3,(H,19,21,22)/t13-/m0/s1. The summed E-state index contributed by atoms with van der Waals surface area (Å²) in [7, 11) is 1.85. The van der Waals surface area contributed by atoms with Crippen molar-refractivity contribution in [3.8, 4) is 11.3 Å². The Bertz CT molecular complexity index is 1070. The van der Waals surface area contributed by atoms with Gasteiger partial charge in [-0.2, -0.15) is 5.10 Å². The van der Waals surface area contributed by atoms with Gasteiger partial charge >= 0.3 is 0 Å². The van der Waals surface area contributed by atoms with Crippen molar-refractivity contribution < 1.29 is 5.11 Å². The fourth-order valence-corrected chi connectivity index (χ4v) is 2.78. The van der Waals surface area contributed by atoms with E-state index in [2.05, 4.69) is 30.6 Å². The van der Waals surface area contributed by atoms with Crippen LogP contribution in [-0.2, 0) is 13.5 Å². The van der Waals surface area contributed by atoms with Gasteiger partial charge in [-0.05, 0) is 24.6 Å². The van der Waals surface area contributed by atoms with Gasteiger partial charge in [0, 0.05) is 37.5 Å². The SMILES string of the molecule is CC[C@H](O)Cc1nnc2cc(-c3ccnc(Nc4ccnn4C)n3)ccn12. The second-order valence-electron chi connectivity index (χ2n) is 6.26. The summed E-state index contributed by atoms with van der Waals surface area (Å²) in [5, 5.41) is 25.5. The summed E-state index contributed by atoms with van der Waals surface area (Å²) in [6, 6.07) is 7.57. The summed E-state index contributed by atoms with van der Waals surface area (Å²) >= 11 is 0. The number of aromatic nitrogens is 7. The van der Waals surface area contributed by atoms with E-state index >= 15 is 0 Å². The van der Waals surface area contributed by atoms with Crippen LogP contribution in [0, 0.1) is 0 Å². The molecular weight excluding hydrogens is 344 g/mol. The van der Waals surface area contributed by atoms with E-state index < -0.39 is 6.10 Å². The molecule has 2 N–H and O–H groups in total. The van der Waals surface area contributed by atoms with Crippen molar-refractivity contribution in [3.05, 3.63) is 48.7 Å². The molecule has 9 nitrogen and oxygen atoms in total. The minimum Gasteiger partial charge on any atom is -0.393 e. The van der Waals surface area contributed by atoms with Gasteiger partial charge in [0.05, 0.1) is 18.0 Å². The van der Waals surface area contributed by atoms with E-state index in [9.17, 15) is 5.11 Å². The summed E-state index contributed by atoms with van der Waals surface area (Å²) < 4.78 is 3.60. The van der Waals surface area contributed by atoms with E-state index in [-0.39, 0.29) is 0 Å². The van der Waals surface area contributed by atoms with Crippen molar-refractivity contribution in [2.45, 2.75) is 25.9 Å². The Morgan fingerprint density at radius 1 is 1.19 bits per heavy atom. The van der Waals surface area contributed by atoms with Crippen LogP contribution in [0.5, 0.6) is 0 Å². The average molecular weight is 364 g/mol. The zero-order chi connectivity index (χ0) is 18.8. The Hall–Kier alpha value is -3.33. The van der Waals surface area contributed by atoms with E-state index in [0.29, 0.717) is 24.4 Å². The maximum Gasteiger partial charge on any atom is 0.228 e. The van der Waals surface area contributed by atoms with Crippen molar-refractivity contribution in [2.75, 3.05) is 5.32 Å². The molecule has 27 heavy (non-hydrogen) atoms. The third-order valence-corrected chi connectivity index (χ3v) is 4.38. The summed E-state index contributed by atoms with van der Waals surface area (Å²) in [6.45, 7) is 1.94. The minimum absolute atomic E-state index is 0.417. The van der Waals surface area contributed by atoms with E-state index in [1.165, 1.54) is 0 Å². The van der Waals surface area contributed by atoms with Crippen LogP contribution in [0.15, 0.2) is 42.9 Å². The Morgan fingerprint density at radius 3 is 2.85 bits per heavy atom. The number of hydrogen-bond acceptors (Lipinski definition) is 7. The highest BCUT2D eigenvalue weighted by molar-refractivity contribution is 5.65. The minimum atomic E-state index is -0.417. The van der Waals surface area contributed by atoms with E-state index in [1.54, 1.807) is 17.1 Å². The molecule has 0 aliphatic rings. The summed E-state index contributed by atoms with van der Waals surface area (Å²) in [5.41, 5.74) is 2.40. The van der Waals surface area contributed by atoms with Crippen LogP contribution in [0.1, 0.15) is 19.2 Å². The quantitative estimate of drug-likeness (QED) is 0.539. The van der Waals surface area contributed by atoms with Gasteiger partial charge in [-0.3, -0.25) is 9.08 Å². The molecule has 0 saturated carbocycles. The van der Waals surface area contributed by atoms with Gasteiger partial charge < -0.3 is 10.4 Å². The number of aliphatic hydroxyl groups excluding tert-OH is 1. The van der Waals surface area contributed by atoms with Gasteiger partial charge in [-0.1, -0.05) is 6.92 Å². The summed E-state index contributed by atoms with van der Waals surface area (Å²) in [5.74, 6) is 2.04. The zero-order valence-corrected chi connectivity index (χ0v) is 15.1. The first-order valence-corrected chi connectivity index (χ1v) is 8.74. The Labute approximate surface area is 155 Å². The number of rotatable bonds is 6. The van der Waals surface area contributed by atoms with Crippen molar-refractivity contribution >= 4 is 17.4 Å².